The number of aldehydes is 1. The van der Waals surface area contributed by atoms with Crippen LogP contribution >= 0.6 is 0 Å². The topological polar surface area (TPSA) is 43.1 Å². The molecule has 2 aromatic carbocycles. The second kappa shape index (κ2) is 4.42. The van der Waals surface area contributed by atoms with Crippen LogP contribution in [0.25, 0.3) is 11.1 Å². The maximum absolute atomic E-state index is 11.0. The van der Waals surface area contributed by atoms with Crippen molar-refractivity contribution < 1.29 is 4.79 Å². The van der Waals surface area contributed by atoms with Crippen LogP contribution in [0.15, 0.2) is 36.4 Å². The average molecular weight is 225 g/mol. The van der Waals surface area contributed by atoms with Crippen LogP contribution in [-0.4, -0.2) is 6.29 Å². The van der Waals surface area contributed by atoms with Gasteiger partial charge in [0.2, 0.25) is 0 Å². The Balaban J connectivity index is 2.66. The molecule has 0 saturated heterocycles. The third-order valence-corrected chi connectivity index (χ3v) is 2.74. The van der Waals surface area contributed by atoms with Crippen molar-refractivity contribution >= 4 is 12.0 Å². The molecule has 0 aliphatic carbocycles. The molecule has 2 rings (SSSR count). The first-order valence-corrected chi connectivity index (χ1v) is 5.53. The number of hydrogen-bond acceptors (Lipinski definition) is 2. The minimum atomic E-state index is 0.671. The van der Waals surface area contributed by atoms with Crippen LogP contribution in [0, 0.1) is 13.8 Å². The molecule has 0 unspecified atom stereocenters. The smallest absolute Gasteiger partial charge is 0.150 e. The minimum Gasteiger partial charge on any atom is -0.399 e. The Morgan fingerprint density at radius 2 is 1.65 bits per heavy atom. The Morgan fingerprint density at radius 3 is 2.24 bits per heavy atom. The SMILES string of the molecule is Cc1cc(C)cc(-c2cc(N)ccc2C=O)c1. The third-order valence-electron chi connectivity index (χ3n) is 2.74. The summed E-state index contributed by atoms with van der Waals surface area (Å²) in [4.78, 5) is 11.0. The van der Waals surface area contributed by atoms with Gasteiger partial charge in [0, 0.05) is 11.3 Å². The summed E-state index contributed by atoms with van der Waals surface area (Å²) in [5.41, 5.74) is 11.4. The molecule has 17 heavy (non-hydrogen) atoms. The van der Waals surface area contributed by atoms with E-state index < -0.39 is 0 Å². The van der Waals surface area contributed by atoms with Crippen LogP contribution in [0.4, 0.5) is 5.69 Å². The molecule has 0 spiro atoms. The van der Waals surface area contributed by atoms with Crippen molar-refractivity contribution in [1.82, 2.24) is 0 Å². The molecule has 0 saturated carbocycles. The number of aryl methyl sites for hydroxylation is 2. The first-order valence-electron chi connectivity index (χ1n) is 5.53. The first-order chi connectivity index (χ1) is 8.10. The number of benzene rings is 2. The van der Waals surface area contributed by atoms with E-state index in [1.54, 1.807) is 12.1 Å². The van der Waals surface area contributed by atoms with Crippen LogP contribution in [0.2, 0.25) is 0 Å². The lowest BCUT2D eigenvalue weighted by Gasteiger charge is -2.08. The number of anilines is 1. The van der Waals surface area contributed by atoms with Gasteiger partial charge in [-0.1, -0.05) is 29.3 Å². The summed E-state index contributed by atoms with van der Waals surface area (Å²) >= 11 is 0. The third kappa shape index (κ3) is 2.36. The van der Waals surface area contributed by atoms with Crippen molar-refractivity contribution in [2.24, 2.45) is 0 Å². The monoisotopic (exact) mass is 225 g/mol. The summed E-state index contributed by atoms with van der Waals surface area (Å²) in [5, 5.41) is 0. The molecular weight excluding hydrogens is 210 g/mol. The van der Waals surface area contributed by atoms with Gasteiger partial charge >= 0.3 is 0 Å². The minimum absolute atomic E-state index is 0.671. The molecule has 0 radical (unpaired) electrons. The molecule has 0 bridgehead atoms. The normalized spacial score (nSPS) is 10.2. The quantitative estimate of drug-likeness (QED) is 0.629. The summed E-state index contributed by atoms with van der Waals surface area (Å²) in [6.45, 7) is 4.09. The Hall–Kier alpha value is -2.09. The zero-order valence-electron chi connectivity index (χ0n) is 10.0. The Bertz CT molecular complexity index is 553. The zero-order valence-corrected chi connectivity index (χ0v) is 10.0. The predicted molar refractivity (Wildman–Crippen MR) is 71.2 cm³/mol. The van der Waals surface area contributed by atoms with Crippen molar-refractivity contribution in [3.63, 3.8) is 0 Å². The molecule has 0 aromatic heterocycles. The molecule has 86 valence electrons. The highest BCUT2D eigenvalue weighted by atomic mass is 16.1. The van der Waals surface area contributed by atoms with Gasteiger partial charge in [0.1, 0.15) is 0 Å². The molecule has 2 N–H and O–H groups in total. The summed E-state index contributed by atoms with van der Waals surface area (Å²) < 4.78 is 0. The van der Waals surface area contributed by atoms with Crippen molar-refractivity contribution in [3.8, 4) is 11.1 Å². The first kappa shape index (κ1) is 11.4. The van der Waals surface area contributed by atoms with Gasteiger partial charge in [0.05, 0.1) is 0 Å². The highest BCUT2D eigenvalue weighted by Gasteiger charge is 2.06. The summed E-state index contributed by atoms with van der Waals surface area (Å²) in [7, 11) is 0. The van der Waals surface area contributed by atoms with E-state index >= 15 is 0 Å². The van der Waals surface area contributed by atoms with E-state index in [2.05, 4.69) is 18.2 Å². The van der Waals surface area contributed by atoms with Crippen LogP contribution in [0.5, 0.6) is 0 Å². The fourth-order valence-electron chi connectivity index (χ4n) is 2.06. The number of nitrogens with two attached hydrogens (primary N) is 1. The van der Waals surface area contributed by atoms with E-state index in [1.165, 1.54) is 11.1 Å². The van der Waals surface area contributed by atoms with Gasteiger partial charge in [0.15, 0.2) is 6.29 Å². The fraction of sp³-hybridized carbons (Fsp3) is 0.133. The molecule has 0 aliphatic heterocycles. The van der Waals surface area contributed by atoms with E-state index in [-0.39, 0.29) is 0 Å². The fourth-order valence-corrected chi connectivity index (χ4v) is 2.06. The second-order valence-corrected chi connectivity index (χ2v) is 4.34. The summed E-state index contributed by atoms with van der Waals surface area (Å²) in [6, 6.07) is 11.6. The molecule has 0 heterocycles. The van der Waals surface area contributed by atoms with Crippen LogP contribution < -0.4 is 5.73 Å². The lowest BCUT2D eigenvalue weighted by Crippen LogP contribution is -1.92. The summed E-state index contributed by atoms with van der Waals surface area (Å²) in [6.07, 6.45) is 0.867. The largest absolute Gasteiger partial charge is 0.399 e. The van der Waals surface area contributed by atoms with Gasteiger partial charge in [-0.2, -0.15) is 0 Å². The van der Waals surface area contributed by atoms with Crippen molar-refractivity contribution in [3.05, 3.63) is 53.1 Å². The van der Waals surface area contributed by atoms with E-state index in [4.69, 9.17) is 5.73 Å². The van der Waals surface area contributed by atoms with Gasteiger partial charge in [-0.25, -0.2) is 0 Å². The van der Waals surface area contributed by atoms with Gasteiger partial charge < -0.3 is 5.73 Å². The molecule has 0 atom stereocenters. The van der Waals surface area contributed by atoms with E-state index in [0.717, 1.165) is 17.4 Å². The van der Waals surface area contributed by atoms with Crippen molar-refractivity contribution in [2.75, 3.05) is 5.73 Å². The molecule has 0 amide bonds. The van der Waals surface area contributed by atoms with E-state index in [9.17, 15) is 4.79 Å². The molecular formula is C15H15NO. The molecule has 2 aromatic rings. The maximum atomic E-state index is 11.0. The van der Waals surface area contributed by atoms with Crippen LogP contribution in [0.1, 0.15) is 21.5 Å². The molecule has 2 heteroatoms. The molecule has 0 aliphatic rings. The van der Waals surface area contributed by atoms with E-state index in [0.29, 0.717) is 11.3 Å². The lowest BCUT2D eigenvalue weighted by atomic mass is 9.96. The molecule has 2 nitrogen and oxygen atoms in total. The standard InChI is InChI=1S/C15H15NO/c1-10-5-11(2)7-13(6-10)15-8-14(16)4-3-12(15)9-17/h3-9H,16H2,1-2H3. The number of carbonyl (C=O) groups is 1. The maximum Gasteiger partial charge on any atom is 0.150 e. The second-order valence-electron chi connectivity index (χ2n) is 4.34. The van der Waals surface area contributed by atoms with Crippen LogP contribution in [0.3, 0.4) is 0 Å². The number of nitrogen functional groups attached to an aromatic ring is 1. The predicted octanol–water partition coefficient (Wildman–Crippen LogP) is 3.37. The Morgan fingerprint density at radius 1 is 1.00 bits per heavy atom. The highest BCUT2D eigenvalue weighted by Crippen LogP contribution is 2.26. The highest BCUT2D eigenvalue weighted by molar-refractivity contribution is 5.89. The number of hydrogen-bond donors (Lipinski definition) is 1. The van der Waals surface area contributed by atoms with Crippen LogP contribution in [-0.2, 0) is 0 Å². The van der Waals surface area contributed by atoms with Crippen molar-refractivity contribution in [2.45, 2.75) is 13.8 Å². The van der Waals surface area contributed by atoms with E-state index in [1.807, 2.05) is 19.9 Å². The average Bonchev–Trinajstić information content (AvgIpc) is 2.27. The number of rotatable bonds is 2. The molecule has 0 fully saturated rings. The van der Waals surface area contributed by atoms with Gasteiger partial charge in [0.25, 0.3) is 0 Å². The lowest BCUT2D eigenvalue weighted by molar-refractivity contribution is 0.112. The van der Waals surface area contributed by atoms with Gasteiger partial charge in [-0.15, -0.1) is 0 Å². The zero-order chi connectivity index (χ0) is 12.4. The summed E-state index contributed by atoms with van der Waals surface area (Å²) in [5.74, 6) is 0. The Labute approximate surface area is 101 Å². The Kier molecular flexibility index (Phi) is 2.96. The van der Waals surface area contributed by atoms with Gasteiger partial charge in [-0.05, 0) is 43.2 Å². The number of carbonyl (C=O) groups excluding carboxylic acids is 1. The van der Waals surface area contributed by atoms with Crippen molar-refractivity contribution in [1.29, 1.82) is 0 Å². The van der Waals surface area contributed by atoms with Gasteiger partial charge in [-0.3, -0.25) is 4.79 Å².